The number of fused-ring (bicyclic) bond motifs is 1. The van der Waals surface area contributed by atoms with Crippen LogP contribution in [0.4, 0.5) is 0 Å². The molecule has 5 aromatic rings. The van der Waals surface area contributed by atoms with E-state index < -0.39 is 0 Å². The Morgan fingerprint density at radius 1 is 0.697 bits per heavy atom. The zero-order valence-corrected chi connectivity index (χ0v) is 20.1. The largest absolute Gasteiger partial charge is 0.295 e. The van der Waals surface area contributed by atoms with Gasteiger partial charge >= 0.3 is 0 Å². The van der Waals surface area contributed by atoms with Crippen molar-refractivity contribution in [3.05, 3.63) is 108 Å². The first-order valence-corrected chi connectivity index (χ1v) is 11.6. The van der Waals surface area contributed by atoms with E-state index in [0.29, 0.717) is 0 Å². The molecule has 0 spiro atoms. The summed E-state index contributed by atoms with van der Waals surface area (Å²) in [5.41, 5.74) is 10.0. The number of imidazole rings is 1. The number of nitrogens with zero attached hydrogens (tertiary/aromatic N) is 2. The highest BCUT2D eigenvalue weighted by molar-refractivity contribution is 5.81. The monoisotopic (exact) mass is 431 g/mol. The van der Waals surface area contributed by atoms with Gasteiger partial charge in [0.15, 0.2) is 11.0 Å². The molecule has 0 aliphatic heterocycles. The standard InChI is InChI=1S/C31H31N2/c1-22-11-9-10-14-27(22)30-32(5)28-20-17-25(31(2,3)4)21-29(28)33(30)26-18-15-24(16-19-26)23-12-7-6-8-13-23/h6-21H,1-5H3/q+1. The highest BCUT2D eigenvalue weighted by Crippen LogP contribution is 2.33. The van der Waals surface area contributed by atoms with Crippen molar-refractivity contribution in [3.8, 4) is 28.2 Å². The number of hydrogen-bond acceptors (Lipinski definition) is 0. The summed E-state index contributed by atoms with van der Waals surface area (Å²) in [4.78, 5) is 0. The van der Waals surface area contributed by atoms with E-state index >= 15 is 0 Å². The minimum absolute atomic E-state index is 0.0852. The summed E-state index contributed by atoms with van der Waals surface area (Å²) >= 11 is 0. The third-order valence-electron chi connectivity index (χ3n) is 6.59. The lowest BCUT2D eigenvalue weighted by molar-refractivity contribution is -0.633. The van der Waals surface area contributed by atoms with Gasteiger partial charge in [0.25, 0.3) is 5.82 Å². The Morgan fingerprint density at radius 3 is 2.00 bits per heavy atom. The van der Waals surface area contributed by atoms with Gasteiger partial charge in [-0.3, -0.25) is 0 Å². The molecule has 1 aromatic heterocycles. The van der Waals surface area contributed by atoms with Crippen molar-refractivity contribution in [2.75, 3.05) is 0 Å². The van der Waals surface area contributed by atoms with Crippen LogP contribution in [0.2, 0.25) is 0 Å². The molecule has 0 aliphatic carbocycles. The van der Waals surface area contributed by atoms with Crippen molar-refractivity contribution < 1.29 is 4.57 Å². The molecular weight excluding hydrogens is 400 g/mol. The van der Waals surface area contributed by atoms with Crippen LogP contribution in [0.15, 0.2) is 97.1 Å². The quantitative estimate of drug-likeness (QED) is 0.263. The van der Waals surface area contributed by atoms with Crippen LogP contribution < -0.4 is 4.57 Å². The van der Waals surface area contributed by atoms with Crippen LogP contribution in [0.1, 0.15) is 31.9 Å². The van der Waals surface area contributed by atoms with E-state index in [1.165, 1.54) is 50.4 Å². The number of rotatable bonds is 3. The third-order valence-corrected chi connectivity index (χ3v) is 6.59. The Morgan fingerprint density at radius 2 is 1.33 bits per heavy atom. The van der Waals surface area contributed by atoms with Crippen LogP contribution in [0.5, 0.6) is 0 Å². The molecule has 0 unspecified atom stereocenters. The molecule has 164 valence electrons. The van der Waals surface area contributed by atoms with Crippen molar-refractivity contribution in [2.45, 2.75) is 33.1 Å². The molecule has 0 fully saturated rings. The highest BCUT2D eigenvalue weighted by atomic mass is 15.2. The maximum Gasteiger partial charge on any atom is 0.295 e. The van der Waals surface area contributed by atoms with Gasteiger partial charge in [0, 0.05) is 0 Å². The predicted octanol–water partition coefficient (Wildman–Crippen LogP) is 7.39. The molecule has 0 amide bonds. The van der Waals surface area contributed by atoms with Gasteiger partial charge in [0.05, 0.1) is 12.6 Å². The molecule has 1 heterocycles. The van der Waals surface area contributed by atoms with E-state index in [9.17, 15) is 0 Å². The number of aromatic nitrogens is 2. The van der Waals surface area contributed by atoms with E-state index in [1.54, 1.807) is 0 Å². The van der Waals surface area contributed by atoms with Crippen LogP contribution in [0.25, 0.3) is 39.2 Å². The molecule has 33 heavy (non-hydrogen) atoms. The van der Waals surface area contributed by atoms with E-state index in [1.807, 2.05) is 0 Å². The highest BCUT2D eigenvalue weighted by Gasteiger charge is 2.28. The molecule has 2 nitrogen and oxygen atoms in total. The molecule has 0 radical (unpaired) electrons. The number of hydrogen-bond donors (Lipinski definition) is 0. The number of aryl methyl sites for hydroxylation is 2. The van der Waals surface area contributed by atoms with Crippen LogP contribution in [-0.2, 0) is 12.5 Å². The number of benzene rings is 4. The maximum absolute atomic E-state index is 2.42. The SMILES string of the molecule is Cc1ccccc1-c1n(-c2ccc(-c3ccccc3)cc2)c2cc(C(C)(C)C)ccc2[n+]1C. The van der Waals surface area contributed by atoms with Gasteiger partial charge in [-0.1, -0.05) is 87.5 Å². The maximum atomic E-state index is 2.42. The molecule has 0 atom stereocenters. The first-order chi connectivity index (χ1) is 15.8. The van der Waals surface area contributed by atoms with Crippen LogP contribution in [0.3, 0.4) is 0 Å². The third kappa shape index (κ3) is 3.76. The van der Waals surface area contributed by atoms with Gasteiger partial charge in [0.2, 0.25) is 0 Å². The van der Waals surface area contributed by atoms with Crippen molar-refractivity contribution in [1.29, 1.82) is 0 Å². The summed E-state index contributed by atoms with van der Waals surface area (Å²) < 4.78 is 4.75. The second kappa shape index (κ2) is 8.04. The first-order valence-electron chi connectivity index (χ1n) is 11.6. The Balaban J connectivity index is 1.79. The van der Waals surface area contributed by atoms with Gasteiger partial charge in [-0.2, -0.15) is 4.57 Å². The molecule has 5 rings (SSSR count). The van der Waals surface area contributed by atoms with Crippen LogP contribution in [-0.4, -0.2) is 4.57 Å². The fraction of sp³-hybridized carbons (Fsp3) is 0.194. The lowest BCUT2D eigenvalue weighted by Crippen LogP contribution is -2.30. The Hall–Kier alpha value is -3.65. The lowest BCUT2D eigenvalue weighted by Gasteiger charge is -2.18. The van der Waals surface area contributed by atoms with E-state index in [0.717, 1.165) is 0 Å². The average molecular weight is 432 g/mol. The molecular formula is C31H31N2+. The fourth-order valence-electron chi connectivity index (χ4n) is 4.65. The smallest absolute Gasteiger partial charge is 0.225 e. The summed E-state index contributed by atoms with van der Waals surface area (Å²) in [5.74, 6) is 1.20. The Labute approximate surface area is 196 Å². The van der Waals surface area contributed by atoms with Gasteiger partial charge in [-0.25, -0.2) is 4.57 Å². The van der Waals surface area contributed by atoms with E-state index in [2.05, 4.69) is 141 Å². The second-order valence-corrected chi connectivity index (χ2v) is 9.90. The predicted molar refractivity (Wildman–Crippen MR) is 139 cm³/mol. The lowest BCUT2D eigenvalue weighted by atomic mass is 9.87. The summed E-state index contributed by atoms with van der Waals surface area (Å²) in [6.07, 6.45) is 0. The van der Waals surface area contributed by atoms with Gasteiger partial charge < -0.3 is 0 Å². The Bertz CT molecular complexity index is 1430. The van der Waals surface area contributed by atoms with E-state index in [4.69, 9.17) is 0 Å². The second-order valence-electron chi connectivity index (χ2n) is 9.90. The molecule has 4 aromatic carbocycles. The van der Waals surface area contributed by atoms with Crippen LogP contribution in [0, 0.1) is 6.92 Å². The zero-order chi connectivity index (χ0) is 23.2. The molecule has 0 aliphatic rings. The fourth-order valence-corrected chi connectivity index (χ4v) is 4.65. The molecule has 0 saturated heterocycles. The van der Waals surface area contributed by atoms with E-state index in [-0.39, 0.29) is 5.41 Å². The molecule has 2 heteroatoms. The van der Waals surface area contributed by atoms with Gasteiger partial charge in [-0.05, 0) is 64.9 Å². The summed E-state index contributed by atoms with van der Waals surface area (Å²) in [5, 5.41) is 0. The average Bonchev–Trinajstić information content (AvgIpc) is 3.11. The molecule has 0 bridgehead atoms. The first kappa shape index (κ1) is 21.2. The molecule has 0 saturated carbocycles. The van der Waals surface area contributed by atoms with Crippen molar-refractivity contribution >= 4 is 11.0 Å². The van der Waals surface area contributed by atoms with Crippen molar-refractivity contribution in [1.82, 2.24) is 4.57 Å². The molecule has 0 N–H and O–H groups in total. The van der Waals surface area contributed by atoms with Crippen molar-refractivity contribution in [2.24, 2.45) is 7.05 Å². The minimum atomic E-state index is 0.0852. The summed E-state index contributed by atoms with van der Waals surface area (Å²) in [6, 6.07) is 35.1. The van der Waals surface area contributed by atoms with Crippen LogP contribution >= 0.6 is 0 Å². The summed E-state index contributed by atoms with van der Waals surface area (Å²) in [7, 11) is 2.18. The Kier molecular flexibility index (Phi) is 5.17. The normalized spacial score (nSPS) is 11.8. The van der Waals surface area contributed by atoms with Crippen molar-refractivity contribution in [3.63, 3.8) is 0 Å². The summed E-state index contributed by atoms with van der Waals surface area (Å²) in [6.45, 7) is 9.02. The van der Waals surface area contributed by atoms with Gasteiger partial charge in [-0.15, -0.1) is 0 Å². The topological polar surface area (TPSA) is 8.81 Å². The zero-order valence-electron chi connectivity index (χ0n) is 20.1. The minimum Gasteiger partial charge on any atom is -0.225 e. The van der Waals surface area contributed by atoms with Gasteiger partial charge in [0.1, 0.15) is 5.69 Å².